The van der Waals surface area contributed by atoms with Crippen molar-refractivity contribution in [1.82, 2.24) is 14.9 Å². The Morgan fingerprint density at radius 3 is 2.81 bits per heavy atom. The number of carbonyl (C=O) groups is 1. The fourth-order valence-electron chi connectivity index (χ4n) is 3.62. The van der Waals surface area contributed by atoms with E-state index in [2.05, 4.69) is 9.97 Å². The normalized spacial score (nSPS) is 17.0. The number of hydrogen-bond acceptors (Lipinski definition) is 5. The molecule has 162 valence electrons. The van der Waals surface area contributed by atoms with Crippen molar-refractivity contribution in [3.8, 4) is 5.88 Å². The number of fused-ring (bicyclic) bond motifs is 1. The highest BCUT2D eigenvalue weighted by molar-refractivity contribution is 5.96. The maximum atomic E-state index is 13.2. The number of hydrogen-bond donors (Lipinski definition) is 0. The van der Waals surface area contributed by atoms with Crippen LogP contribution >= 0.6 is 0 Å². The predicted octanol–water partition coefficient (Wildman–Crippen LogP) is 3.88. The first kappa shape index (κ1) is 21.0. The highest BCUT2D eigenvalue weighted by Gasteiger charge is 2.35. The zero-order valence-electron chi connectivity index (χ0n) is 16.7. The maximum Gasteiger partial charge on any atom is 0.416 e. The minimum atomic E-state index is -4.51. The van der Waals surface area contributed by atoms with Crippen molar-refractivity contribution in [3.05, 3.63) is 65.5 Å². The molecule has 0 bridgehead atoms. The number of amides is 1. The summed E-state index contributed by atoms with van der Waals surface area (Å²) in [5.74, 6) is -0.0456. The quantitative estimate of drug-likeness (QED) is 0.628. The predicted molar refractivity (Wildman–Crippen MR) is 107 cm³/mol. The van der Waals surface area contributed by atoms with Crippen molar-refractivity contribution in [2.75, 3.05) is 26.3 Å². The van der Waals surface area contributed by atoms with E-state index in [9.17, 15) is 18.0 Å². The van der Waals surface area contributed by atoms with Gasteiger partial charge in [-0.3, -0.25) is 4.79 Å². The molecular formula is C22H20F3N3O3. The molecule has 9 heteroatoms. The second kappa shape index (κ2) is 8.50. The molecule has 1 aliphatic rings. The molecule has 0 radical (unpaired) electrons. The molecule has 2 heterocycles. The molecule has 1 unspecified atom stereocenters. The van der Waals surface area contributed by atoms with E-state index in [1.54, 1.807) is 0 Å². The number of nitrogens with zero attached hydrogens (tertiary/aromatic N) is 3. The molecular weight excluding hydrogens is 411 g/mol. The van der Waals surface area contributed by atoms with E-state index in [0.29, 0.717) is 12.4 Å². The fourth-order valence-corrected chi connectivity index (χ4v) is 3.62. The van der Waals surface area contributed by atoms with Gasteiger partial charge in [0.15, 0.2) is 0 Å². The van der Waals surface area contributed by atoms with Gasteiger partial charge in [-0.15, -0.1) is 0 Å². The van der Waals surface area contributed by atoms with Gasteiger partial charge in [-0.2, -0.15) is 13.2 Å². The minimum absolute atomic E-state index is 0.0400. The average Bonchev–Trinajstić information content (AvgIpc) is 2.77. The van der Waals surface area contributed by atoms with E-state index in [1.165, 1.54) is 30.3 Å². The Labute approximate surface area is 176 Å². The highest BCUT2D eigenvalue weighted by atomic mass is 19.4. The van der Waals surface area contributed by atoms with E-state index in [-0.39, 0.29) is 30.9 Å². The van der Waals surface area contributed by atoms with Gasteiger partial charge in [0.05, 0.1) is 29.6 Å². The van der Waals surface area contributed by atoms with Gasteiger partial charge in [0.2, 0.25) is 5.88 Å². The molecule has 0 N–H and O–H groups in total. The number of aromatic nitrogens is 2. The summed E-state index contributed by atoms with van der Waals surface area (Å²) in [7, 11) is 0. The summed E-state index contributed by atoms with van der Waals surface area (Å²) in [5.41, 5.74) is -0.0963. The molecule has 1 amide bonds. The van der Waals surface area contributed by atoms with Gasteiger partial charge in [0, 0.05) is 12.1 Å². The number of para-hydroxylation sites is 1. The zero-order chi connectivity index (χ0) is 22.0. The molecule has 1 atom stereocenters. The highest BCUT2D eigenvalue weighted by Crippen LogP contribution is 2.33. The Kier molecular flexibility index (Phi) is 5.77. The van der Waals surface area contributed by atoms with Crippen molar-refractivity contribution < 1.29 is 27.4 Å². The minimum Gasteiger partial charge on any atom is -0.474 e. The number of alkyl halides is 3. The second-order valence-corrected chi connectivity index (χ2v) is 7.23. The van der Waals surface area contributed by atoms with Crippen LogP contribution in [0.15, 0.2) is 48.8 Å². The maximum absolute atomic E-state index is 13.2. The van der Waals surface area contributed by atoms with Gasteiger partial charge in [0.25, 0.3) is 5.91 Å². The number of rotatable bonds is 4. The fraction of sp³-hybridized carbons (Fsp3) is 0.318. The summed E-state index contributed by atoms with van der Waals surface area (Å²) in [6.45, 7) is 2.23. The molecule has 4 rings (SSSR count). The van der Waals surface area contributed by atoms with Crippen molar-refractivity contribution in [2.24, 2.45) is 0 Å². The Bertz CT molecular complexity index is 1100. The van der Waals surface area contributed by atoms with Crippen LogP contribution in [0.4, 0.5) is 13.2 Å². The second-order valence-electron chi connectivity index (χ2n) is 7.23. The lowest BCUT2D eigenvalue weighted by molar-refractivity contribution is -0.138. The number of benzene rings is 2. The van der Waals surface area contributed by atoms with Crippen LogP contribution in [-0.2, 0) is 10.9 Å². The van der Waals surface area contributed by atoms with Crippen LogP contribution in [0.25, 0.3) is 10.9 Å². The van der Waals surface area contributed by atoms with Gasteiger partial charge in [0.1, 0.15) is 19.0 Å². The third-order valence-electron chi connectivity index (χ3n) is 5.21. The van der Waals surface area contributed by atoms with Crippen LogP contribution < -0.4 is 4.74 Å². The van der Waals surface area contributed by atoms with Crippen LogP contribution in [0, 0.1) is 6.92 Å². The molecule has 0 aliphatic carbocycles. The lowest BCUT2D eigenvalue weighted by Crippen LogP contribution is -2.47. The van der Waals surface area contributed by atoms with E-state index < -0.39 is 23.8 Å². The van der Waals surface area contributed by atoms with Gasteiger partial charge >= 0.3 is 6.18 Å². The summed E-state index contributed by atoms with van der Waals surface area (Å²) in [6.07, 6.45) is -3.54. The van der Waals surface area contributed by atoms with Crippen molar-refractivity contribution >= 4 is 16.8 Å². The first-order chi connectivity index (χ1) is 14.8. The van der Waals surface area contributed by atoms with Gasteiger partial charge in [-0.05, 0) is 36.8 Å². The number of ether oxygens (including phenoxy) is 2. The van der Waals surface area contributed by atoms with Crippen molar-refractivity contribution in [1.29, 1.82) is 0 Å². The van der Waals surface area contributed by atoms with Gasteiger partial charge < -0.3 is 14.4 Å². The Morgan fingerprint density at radius 1 is 1.19 bits per heavy atom. The van der Waals surface area contributed by atoms with E-state index in [4.69, 9.17) is 9.47 Å². The molecule has 6 nitrogen and oxygen atoms in total. The van der Waals surface area contributed by atoms with Crippen LogP contribution in [0.2, 0.25) is 0 Å². The lowest BCUT2D eigenvalue weighted by atomic mass is 10.0. The molecule has 1 aromatic heterocycles. The third-order valence-corrected chi connectivity index (χ3v) is 5.21. The largest absolute Gasteiger partial charge is 0.474 e. The molecule has 1 fully saturated rings. The Hall–Kier alpha value is -3.20. The summed E-state index contributed by atoms with van der Waals surface area (Å²) in [4.78, 5) is 22.8. The van der Waals surface area contributed by atoms with E-state index in [1.807, 2.05) is 24.3 Å². The van der Waals surface area contributed by atoms with Crippen LogP contribution in [-0.4, -0.2) is 53.2 Å². The number of carbonyl (C=O) groups excluding carboxylic acids is 1. The summed E-state index contributed by atoms with van der Waals surface area (Å²) in [6, 6.07) is 11.1. The summed E-state index contributed by atoms with van der Waals surface area (Å²) in [5, 5.41) is 0.758. The smallest absolute Gasteiger partial charge is 0.416 e. The summed E-state index contributed by atoms with van der Waals surface area (Å²) < 4.78 is 51.1. The average molecular weight is 431 g/mol. The van der Waals surface area contributed by atoms with Crippen molar-refractivity contribution in [3.63, 3.8) is 0 Å². The van der Waals surface area contributed by atoms with Crippen LogP contribution in [0.1, 0.15) is 21.5 Å². The summed E-state index contributed by atoms with van der Waals surface area (Å²) >= 11 is 0. The molecule has 1 aliphatic heterocycles. The number of morpholine rings is 1. The first-order valence-electron chi connectivity index (χ1n) is 9.75. The third kappa shape index (κ3) is 4.46. The lowest BCUT2D eigenvalue weighted by Gasteiger charge is -2.33. The van der Waals surface area contributed by atoms with E-state index in [0.717, 1.165) is 17.0 Å². The van der Waals surface area contributed by atoms with E-state index >= 15 is 0 Å². The first-order valence-corrected chi connectivity index (χ1v) is 9.75. The molecule has 2 aromatic carbocycles. The topological polar surface area (TPSA) is 64.6 Å². The van der Waals surface area contributed by atoms with Crippen molar-refractivity contribution in [2.45, 2.75) is 19.2 Å². The standard InChI is InChI=1S/C22H20F3N3O3/c1-14-16(6-4-7-18(14)22(23,24)25)21(29)28-9-10-30-15(11-28)12-31-20-17-5-2-3-8-19(17)26-13-27-20/h2-8,13,15H,9-12H2,1H3. The molecule has 31 heavy (non-hydrogen) atoms. The van der Waals surface area contributed by atoms with Gasteiger partial charge in [-0.1, -0.05) is 18.2 Å². The molecule has 1 saturated heterocycles. The van der Waals surface area contributed by atoms with Gasteiger partial charge in [-0.25, -0.2) is 9.97 Å². The molecule has 0 spiro atoms. The Morgan fingerprint density at radius 2 is 2.00 bits per heavy atom. The SMILES string of the molecule is Cc1c(C(=O)N2CCOC(COc3ncnc4ccccc34)C2)cccc1C(F)(F)F. The Balaban J connectivity index is 1.46. The monoisotopic (exact) mass is 431 g/mol. The number of halogens is 3. The molecule has 3 aromatic rings. The van der Waals surface area contributed by atoms with Crippen LogP contribution in [0.5, 0.6) is 5.88 Å². The zero-order valence-corrected chi connectivity index (χ0v) is 16.7. The van der Waals surface area contributed by atoms with Crippen LogP contribution in [0.3, 0.4) is 0 Å². The molecule has 0 saturated carbocycles.